The smallest absolute Gasteiger partial charge is 0.344 e. The van der Waals surface area contributed by atoms with Crippen molar-refractivity contribution >= 4 is 11.9 Å². The molecule has 1 unspecified atom stereocenters. The summed E-state index contributed by atoms with van der Waals surface area (Å²) in [4.78, 5) is 21.6. The lowest BCUT2D eigenvalue weighted by Crippen LogP contribution is -2.51. The van der Waals surface area contributed by atoms with Crippen LogP contribution in [0.1, 0.15) is 6.92 Å². The second kappa shape index (κ2) is 3.06. The number of aliphatic hydroxyl groups is 1. The fraction of sp³-hybridized carbons (Fsp3) is 0.429. The summed E-state index contributed by atoms with van der Waals surface area (Å²) in [6.45, 7) is 1.58. The van der Waals surface area contributed by atoms with Gasteiger partial charge in [0.1, 0.15) is 5.76 Å². The number of hydrogen-bond acceptors (Lipinski definition) is 4. The molecule has 0 aliphatic carbocycles. The van der Waals surface area contributed by atoms with E-state index in [0.29, 0.717) is 0 Å². The number of carboxylic acid groups (broad SMARTS) is 1. The van der Waals surface area contributed by atoms with Gasteiger partial charge >= 0.3 is 5.97 Å². The van der Waals surface area contributed by atoms with E-state index in [1.54, 1.807) is 6.92 Å². The Morgan fingerprint density at radius 2 is 2.15 bits per heavy atom. The van der Waals surface area contributed by atoms with E-state index < -0.39 is 29.3 Å². The molecule has 6 nitrogen and oxygen atoms in total. The van der Waals surface area contributed by atoms with E-state index in [9.17, 15) is 14.7 Å². The van der Waals surface area contributed by atoms with Crippen LogP contribution in [0, 0.1) is 0 Å². The third kappa shape index (κ3) is 1.48. The predicted molar refractivity (Wildman–Crippen MR) is 42.7 cm³/mol. The van der Waals surface area contributed by atoms with E-state index >= 15 is 0 Å². The summed E-state index contributed by atoms with van der Waals surface area (Å²) in [6, 6.07) is -0.524. The summed E-state index contributed by atoms with van der Waals surface area (Å²) in [5.74, 6) is -2.64. The van der Waals surface area contributed by atoms with Crippen molar-refractivity contribution in [3.05, 3.63) is 11.3 Å². The number of rotatable bonds is 1. The van der Waals surface area contributed by atoms with Crippen LogP contribution in [0.15, 0.2) is 11.3 Å². The number of nitrogens with zero attached hydrogens (tertiary/aromatic N) is 1. The quantitative estimate of drug-likeness (QED) is 0.469. The largest absolute Gasteiger partial charge is 0.509 e. The fourth-order valence-corrected chi connectivity index (χ4v) is 1.03. The molecule has 0 bridgehead atoms. The molecule has 3 N–H and O–H groups in total. The first kappa shape index (κ1) is 9.53. The molecule has 6 heteroatoms. The molecule has 0 aromatic heterocycles. The molecule has 1 aliphatic rings. The lowest BCUT2D eigenvalue weighted by molar-refractivity contribution is -0.137. The molecule has 0 fully saturated rings. The molecule has 1 rings (SSSR count). The van der Waals surface area contributed by atoms with Gasteiger partial charge in [0.15, 0.2) is 5.57 Å². The van der Waals surface area contributed by atoms with Crippen LogP contribution in [0.5, 0.6) is 0 Å². The highest BCUT2D eigenvalue weighted by Crippen LogP contribution is 2.15. The van der Waals surface area contributed by atoms with Gasteiger partial charge in [0.25, 0.3) is 5.91 Å². The molecule has 0 saturated carbocycles. The molecular weight excluding hydrogens is 176 g/mol. The Balaban J connectivity index is 3.14. The van der Waals surface area contributed by atoms with Crippen LogP contribution in [-0.2, 0) is 9.59 Å². The van der Waals surface area contributed by atoms with E-state index in [0.717, 1.165) is 0 Å². The Morgan fingerprint density at radius 1 is 1.62 bits per heavy atom. The van der Waals surface area contributed by atoms with Crippen LogP contribution < -0.4 is 5.43 Å². The zero-order valence-electron chi connectivity index (χ0n) is 7.24. The number of aliphatic carboxylic acids is 1. The van der Waals surface area contributed by atoms with E-state index in [4.69, 9.17) is 5.11 Å². The van der Waals surface area contributed by atoms with Crippen LogP contribution in [0.25, 0.3) is 0 Å². The summed E-state index contributed by atoms with van der Waals surface area (Å²) in [6.07, 6.45) is 0. The monoisotopic (exact) mass is 186 g/mol. The number of carbonyl (C=O) groups is 2. The second-order valence-electron chi connectivity index (χ2n) is 2.79. The SMILES string of the molecule is CC1C(O)=C(C(=O)O)C(=O)NN1C. The first-order chi connectivity index (χ1) is 5.95. The van der Waals surface area contributed by atoms with Crippen molar-refractivity contribution in [3.8, 4) is 0 Å². The van der Waals surface area contributed by atoms with Crippen molar-refractivity contribution in [2.75, 3.05) is 7.05 Å². The van der Waals surface area contributed by atoms with Gasteiger partial charge in [-0.05, 0) is 6.92 Å². The summed E-state index contributed by atoms with van der Waals surface area (Å²) >= 11 is 0. The van der Waals surface area contributed by atoms with Crippen LogP contribution in [-0.4, -0.2) is 40.2 Å². The van der Waals surface area contributed by atoms with Crippen molar-refractivity contribution in [2.45, 2.75) is 13.0 Å². The third-order valence-electron chi connectivity index (χ3n) is 1.95. The number of nitrogens with one attached hydrogen (secondary N) is 1. The number of hydrogen-bond donors (Lipinski definition) is 3. The maximum absolute atomic E-state index is 11.1. The van der Waals surface area contributed by atoms with E-state index in [2.05, 4.69) is 5.43 Å². The molecule has 0 radical (unpaired) electrons. The molecule has 13 heavy (non-hydrogen) atoms. The molecule has 0 saturated heterocycles. The molecule has 0 spiro atoms. The molecule has 0 aromatic rings. The van der Waals surface area contributed by atoms with Crippen molar-refractivity contribution in [1.82, 2.24) is 10.4 Å². The topological polar surface area (TPSA) is 89.9 Å². The Morgan fingerprint density at radius 3 is 2.62 bits per heavy atom. The summed E-state index contributed by atoms with van der Waals surface area (Å²) in [5.41, 5.74) is 1.69. The van der Waals surface area contributed by atoms with Crippen molar-refractivity contribution in [3.63, 3.8) is 0 Å². The van der Waals surface area contributed by atoms with Gasteiger partial charge in [-0.1, -0.05) is 0 Å². The highest BCUT2D eigenvalue weighted by atomic mass is 16.4. The van der Waals surface area contributed by atoms with Crippen molar-refractivity contribution < 1.29 is 19.8 Å². The fourth-order valence-electron chi connectivity index (χ4n) is 1.03. The number of aliphatic hydroxyl groups excluding tert-OH is 1. The molecular formula is C7H10N2O4. The van der Waals surface area contributed by atoms with Crippen molar-refractivity contribution in [2.24, 2.45) is 0 Å². The minimum absolute atomic E-state index is 0.418. The van der Waals surface area contributed by atoms with Crippen LogP contribution >= 0.6 is 0 Å². The minimum atomic E-state index is -1.42. The lowest BCUT2D eigenvalue weighted by Gasteiger charge is -2.29. The Bertz CT molecular complexity index is 297. The first-order valence-electron chi connectivity index (χ1n) is 3.65. The second-order valence-corrected chi connectivity index (χ2v) is 2.79. The zero-order valence-corrected chi connectivity index (χ0v) is 7.24. The van der Waals surface area contributed by atoms with Gasteiger partial charge in [0.05, 0.1) is 6.04 Å². The number of amides is 1. The van der Waals surface area contributed by atoms with Gasteiger partial charge in [-0.2, -0.15) is 0 Å². The first-order valence-corrected chi connectivity index (χ1v) is 3.65. The van der Waals surface area contributed by atoms with Gasteiger partial charge in [0.2, 0.25) is 0 Å². The maximum Gasteiger partial charge on any atom is 0.344 e. The summed E-state index contributed by atoms with van der Waals surface area (Å²) < 4.78 is 0. The average molecular weight is 186 g/mol. The Labute approximate surface area is 74.4 Å². The summed E-state index contributed by atoms with van der Waals surface area (Å²) in [5, 5.41) is 19.3. The highest BCUT2D eigenvalue weighted by molar-refractivity contribution is 6.16. The normalized spacial score (nSPS) is 24.5. The zero-order chi connectivity index (χ0) is 10.2. The number of hydrazine groups is 1. The number of carboxylic acids is 1. The number of carbonyl (C=O) groups excluding carboxylic acids is 1. The molecule has 1 heterocycles. The third-order valence-corrected chi connectivity index (χ3v) is 1.95. The molecule has 1 amide bonds. The average Bonchev–Trinajstić information content (AvgIpc) is 1.99. The molecule has 0 aromatic carbocycles. The van der Waals surface area contributed by atoms with E-state index in [-0.39, 0.29) is 0 Å². The minimum Gasteiger partial charge on any atom is -0.509 e. The van der Waals surface area contributed by atoms with Crippen LogP contribution in [0.2, 0.25) is 0 Å². The standard InChI is InChI=1S/C7H10N2O4/c1-3-5(10)4(7(12)13)6(11)8-9(3)2/h3,10H,1-2H3,(H,8,11)(H,12,13). The van der Waals surface area contributed by atoms with Gasteiger partial charge in [0, 0.05) is 7.05 Å². The molecule has 1 aliphatic heterocycles. The maximum atomic E-state index is 11.1. The van der Waals surface area contributed by atoms with Gasteiger partial charge in [-0.3, -0.25) is 10.2 Å². The Kier molecular flexibility index (Phi) is 2.24. The van der Waals surface area contributed by atoms with Gasteiger partial charge in [-0.15, -0.1) is 0 Å². The van der Waals surface area contributed by atoms with Gasteiger partial charge < -0.3 is 10.2 Å². The molecule has 72 valence electrons. The predicted octanol–water partition coefficient (Wildman–Crippen LogP) is -0.752. The van der Waals surface area contributed by atoms with E-state index in [1.165, 1.54) is 12.1 Å². The van der Waals surface area contributed by atoms with Gasteiger partial charge in [-0.25, -0.2) is 9.80 Å². The van der Waals surface area contributed by atoms with E-state index in [1.807, 2.05) is 0 Å². The highest BCUT2D eigenvalue weighted by Gasteiger charge is 2.33. The Hall–Kier alpha value is -1.56. The number of likely N-dealkylation sites (N-methyl/N-ethyl adjacent to an activating group) is 1. The van der Waals surface area contributed by atoms with Crippen LogP contribution in [0.3, 0.4) is 0 Å². The lowest BCUT2D eigenvalue weighted by atomic mass is 10.1. The van der Waals surface area contributed by atoms with Crippen molar-refractivity contribution in [1.29, 1.82) is 0 Å². The summed E-state index contributed by atoms with van der Waals surface area (Å²) in [7, 11) is 1.54. The molecule has 1 atom stereocenters. The van der Waals surface area contributed by atoms with Crippen LogP contribution in [0.4, 0.5) is 0 Å².